The number of pyridine rings is 1. The minimum atomic E-state index is -0.597. The van der Waals surface area contributed by atoms with E-state index in [4.69, 9.17) is 9.47 Å². The zero-order valence-electron chi connectivity index (χ0n) is 19.9. The number of nitrogens with one attached hydrogen (secondary N) is 3. The number of halogens is 1. The second kappa shape index (κ2) is 10.9. The van der Waals surface area contributed by atoms with Crippen molar-refractivity contribution in [3.8, 4) is 5.75 Å². The van der Waals surface area contributed by atoms with E-state index in [2.05, 4.69) is 20.9 Å². The van der Waals surface area contributed by atoms with E-state index in [0.29, 0.717) is 24.4 Å². The summed E-state index contributed by atoms with van der Waals surface area (Å²) in [5, 5.41) is 18.0. The molecule has 3 aromatic rings. The summed E-state index contributed by atoms with van der Waals surface area (Å²) < 4.78 is 25.9. The molecular weight excluding hydrogens is 479 g/mol. The average Bonchev–Trinajstić information content (AvgIpc) is 3.27. The summed E-state index contributed by atoms with van der Waals surface area (Å²) in [7, 11) is 0. The van der Waals surface area contributed by atoms with Gasteiger partial charge in [-0.2, -0.15) is 0 Å². The van der Waals surface area contributed by atoms with Gasteiger partial charge in [-0.15, -0.1) is 0 Å². The molecule has 3 amide bonds. The fourth-order valence-corrected chi connectivity index (χ4v) is 4.78. The van der Waals surface area contributed by atoms with Crippen LogP contribution in [0.1, 0.15) is 30.0 Å². The number of aliphatic hydroxyl groups is 1. The molecule has 0 radical (unpaired) electrons. The van der Waals surface area contributed by atoms with Gasteiger partial charge < -0.3 is 30.5 Å². The molecule has 0 saturated carbocycles. The lowest BCUT2D eigenvalue weighted by molar-refractivity contribution is -0.142. The maximum absolute atomic E-state index is 13.9. The SMILES string of the molecule is O=C(C[C@@H]1C[C@@H]2c3cc(NC(=O)Nc4ccccc4F)ccc3O[C@@H]2[C@@H](CO)O1)NCc1ccccn1. The Hall–Kier alpha value is -4.02. The first-order chi connectivity index (χ1) is 18.0. The Kier molecular flexibility index (Phi) is 7.29. The summed E-state index contributed by atoms with van der Waals surface area (Å²) in [6.45, 7) is 0.0646. The van der Waals surface area contributed by atoms with Crippen LogP contribution in [0.4, 0.5) is 20.6 Å². The largest absolute Gasteiger partial charge is 0.487 e. The van der Waals surface area contributed by atoms with Crippen LogP contribution in [-0.2, 0) is 16.1 Å². The number of hydrogen-bond acceptors (Lipinski definition) is 6. The first-order valence-electron chi connectivity index (χ1n) is 12.1. The number of amides is 3. The maximum atomic E-state index is 13.9. The quantitative estimate of drug-likeness (QED) is 0.389. The molecule has 4 atom stereocenters. The number of ether oxygens (including phenoxy) is 2. The number of fused-ring (bicyclic) bond motifs is 3. The molecule has 3 heterocycles. The van der Waals surface area contributed by atoms with E-state index >= 15 is 0 Å². The minimum absolute atomic E-state index is 0.0731. The summed E-state index contributed by atoms with van der Waals surface area (Å²) in [4.78, 5) is 29.2. The molecule has 2 aliphatic rings. The first kappa shape index (κ1) is 24.7. The number of para-hydroxylation sites is 1. The molecule has 0 spiro atoms. The van der Waals surface area contributed by atoms with Gasteiger partial charge in [-0.3, -0.25) is 9.78 Å². The third-order valence-electron chi connectivity index (χ3n) is 6.49. The lowest BCUT2D eigenvalue weighted by Crippen LogP contribution is -2.47. The molecule has 9 nitrogen and oxygen atoms in total. The third kappa shape index (κ3) is 5.71. The van der Waals surface area contributed by atoms with Crippen LogP contribution in [-0.4, -0.2) is 46.9 Å². The van der Waals surface area contributed by atoms with Crippen molar-refractivity contribution in [2.45, 2.75) is 43.6 Å². The minimum Gasteiger partial charge on any atom is -0.487 e. The fourth-order valence-electron chi connectivity index (χ4n) is 4.78. The smallest absolute Gasteiger partial charge is 0.323 e. The van der Waals surface area contributed by atoms with Crippen LogP contribution in [0.25, 0.3) is 0 Å². The van der Waals surface area contributed by atoms with Crippen LogP contribution in [0.15, 0.2) is 66.9 Å². The van der Waals surface area contributed by atoms with Crippen LogP contribution < -0.4 is 20.7 Å². The highest BCUT2D eigenvalue weighted by Crippen LogP contribution is 2.47. The number of carbonyl (C=O) groups is 2. The van der Waals surface area contributed by atoms with Crippen LogP contribution in [0, 0.1) is 5.82 Å². The van der Waals surface area contributed by atoms with E-state index in [1.807, 2.05) is 18.2 Å². The van der Waals surface area contributed by atoms with Crippen LogP contribution in [0.3, 0.4) is 0 Å². The van der Waals surface area contributed by atoms with Gasteiger partial charge in [0.1, 0.15) is 23.8 Å². The van der Waals surface area contributed by atoms with Crippen molar-refractivity contribution in [3.63, 3.8) is 0 Å². The number of aromatic nitrogens is 1. The number of carbonyl (C=O) groups excluding carboxylic acids is 2. The number of urea groups is 1. The predicted octanol–water partition coefficient (Wildman–Crippen LogP) is 3.57. The second-order valence-electron chi connectivity index (χ2n) is 9.02. The Morgan fingerprint density at radius 3 is 2.70 bits per heavy atom. The average molecular weight is 507 g/mol. The molecule has 37 heavy (non-hydrogen) atoms. The van der Waals surface area contributed by atoms with Gasteiger partial charge in [-0.05, 0) is 48.9 Å². The summed E-state index contributed by atoms with van der Waals surface area (Å²) in [5.41, 5.74) is 2.19. The molecule has 0 bridgehead atoms. The molecule has 1 aromatic heterocycles. The van der Waals surface area contributed by atoms with Crippen molar-refractivity contribution >= 4 is 23.3 Å². The van der Waals surface area contributed by atoms with Gasteiger partial charge in [0.05, 0.1) is 37.1 Å². The predicted molar refractivity (Wildman–Crippen MR) is 134 cm³/mol. The number of aliphatic hydroxyl groups excluding tert-OH is 1. The molecule has 5 rings (SSSR count). The monoisotopic (exact) mass is 506 g/mol. The number of nitrogens with zero attached hydrogens (tertiary/aromatic N) is 1. The van der Waals surface area contributed by atoms with E-state index in [1.54, 1.807) is 36.5 Å². The van der Waals surface area contributed by atoms with Crippen molar-refractivity contribution < 1.29 is 28.6 Å². The Morgan fingerprint density at radius 1 is 1.08 bits per heavy atom. The molecule has 10 heteroatoms. The molecule has 192 valence electrons. The first-order valence-corrected chi connectivity index (χ1v) is 12.1. The zero-order chi connectivity index (χ0) is 25.8. The normalized spacial score (nSPS) is 21.8. The lowest BCUT2D eigenvalue weighted by Gasteiger charge is -2.37. The van der Waals surface area contributed by atoms with Crippen LogP contribution in [0.2, 0.25) is 0 Å². The molecular formula is C27H27FN4O5. The molecule has 2 aliphatic heterocycles. The summed E-state index contributed by atoms with van der Waals surface area (Å²) >= 11 is 0. The molecule has 2 aromatic carbocycles. The second-order valence-corrected chi connectivity index (χ2v) is 9.02. The topological polar surface area (TPSA) is 122 Å². The molecule has 0 unspecified atom stereocenters. The molecule has 1 saturated heterocycles. The Labute approximate surface area is 213 Å². The van der Waals surface area contributed by atoms with Gasteiger partial charge in [0, 0.05) is 23.4 Å². The van der Waals surface area contributed by atoms with Crippen molar-refractivity contribution in [1.29, 1.82) is 0 Å². The Morgan fingerprint density at radius 2 is 1.92 bits per heavy atom. The van der Waals surface area contributed by atoms with Gasteiger partial charge in [0.15, 0.2) is 0 Å². The number of anilines is 2. The van der Waals surface area contributed by atoms with E-state index in [1.165, 1.54) is 12.1 Å². The van der Waals surface area contributed by atoms with Crippen molar-refractivity contribution in [2.24, 2.45) is 0 Å². The number of rotatable bonds is 7. The van der Waals surface area contributed by atoms with E-state index in [0.717, 1.165) is 11.3 Å². The van der Waals surface area contributed by atoms with Gasteiger partial charge in [-0.25, -0.2) is 9.18 Å². The zero-order valence-corrected chi connectivity index (χ0v) is 19.9. The summed E-state index contributed by atoms with van der Waals surface area (Å²) in [6, 6.07) is 16.1. The van der Waals surface area contributed by atoms with E-state index in [-0.39, 0.29) is 30.5 Å². The van der Waals surface area contributed by atoms with Crippen molar-refractivity contribution in [3.05, 3.63) is 83.9 Å². The highest BCUT2D eigenvalue weighted by Gasteiger charge is 2.46. The van der Waals surface area contributed by atoms with Gasteiger partial charge in [-0.1, -0.05) is 18.2 Å². The fraction of sp³-hybridized carbons (Fsp3) is 0.296. The highest BCUT2D eigenvalue weighted by atomic mass is 19.1. The van der Waals surface area contributed by atoms with Gasteiger partial charge in [0.25, 0.3) is 0 Å². The standard InChI is InChI=1S/C27H27FN4O5/c28-21-6-1-2-7-22(21)32-27(35)31-16-8-9-23-19(11-16)20-12-18(36-24(15-33)26(20)37-23)13-25(34)30-14-17-5-3-4-10-29-17/h1-11,18,20,24,26,33H,12-15H2,(H,30,34)(H2,31,32,35)/t18-,20+,24+,26-/m0/s1. The van der Waals surface area contributed by atoms with Crippen molar-refractivity contribution in [1.82, 2.24) is 10.3 Å². The molecule has 1 fully saturated rings. The van der Waals surface area contributed by atoms with Gasteiger partial charge in [0.2, 0.25) is 5.91 Å². The third-order valence-corrected chi connectivity index (χ3v) is 6.49. The molecule has 0 aliphatic carbocycles. The Balaban J connectivity index is 1.24. The number of hydrogen-bond donors (Lipinski definition) is 4. The van der Waals surface area contributed by atoms with Crippen LogP contribution >= 0.6 is 0 Å². The molecule has 4 N–H and O–H groups in total. The summed E-state index contributed by atoms with van der Waals surface area (Å²) in [5.74, 6) is -0.205. The van der Waals surface area contributed by atoms with Gasteiger partial charge >= 0.3 is 6.03 Å². The maximum Gasteiger partial charge on any atom is 0.323 e. The van der Waals surface area contributed by atoms with E-state index in [9.17, 15) is 19.1 Å². The highest BCUT2D eigenvalue weighted by molar-refractivity contribution is 5.99. The summed E-state index contributed by atoms with van der Waals surface area (Å²) in [6.07, 6.45) is 0.886. The number of benzene rings is 2. The Bertz CT molecular complexity index is 1270. The van der Waals surface area contributed by atoms with Crippen LogP contribution in [0.5, 0.6) is 5.75 Å². The van der Waals surface area contributed by atoms with Crippen molar-refractivity contribution in [2.75, 3.05) is 17.2 Å². The van der Waals surface area contributed by atoms with E-state index < -0.39 is 30.2 Å². The lowest BCUT2D eigenvalue weighted by atomic mass is 9.84.